The van der Waals surface area contributed by atoms with Crippen LogP contribution in [0.2, 0.25) is 0 Å². The van der Waals surface area contributed by atoms with Gasteiger partial charge in [-0.2, -0.15) is 0 Å². The van der Waals surface area contributed by atoms with Gasteiger partial charge in [-0.25, -0.2) is 0 Å². The van der Waals surface area contributed by atoms with Crippen LogP contribution < -0.4 is 10.2 Å². The highest BCUT2D eigenvalue weighted by molar-refractivity contribution is 5.85. The number of hydrogen-bond acceptors (Lipinski definition) is 2. The van der Waals surface area contributed by atoms with Crippen LogP contribution in [-0.2, 0) is 0 Å². The highest BCUT2D eigenvalue weighted by atomic mass is 15.2. The number of nitrogens with one attached hydrogen (secondary N) is 1. The highest BCUT2D eigenvalue weighted by Gasteiger charge is 2.15. The Balaban J connectivity index is 1.94. The normalized spacial score (nSPS) is 20.8. The Bertz CT molecular complexity index is 521. The second-order valence-electron chi connectivity index (χ2n) is 4.83. The van der Waals surface area contributed by atoms with E-state index in [1.807, 2.05) is 0 Å². The number of anilines is 1. The molecule has 0 saturated carbocycles. The molecule has 17 heavy (non-hydrogen) atoms. The fraction of sp³-hybridized carbons (Fsp3) is 0.333. The number of fused-ring (bicyclic) bond motifs is 1. The zero-order chi connectivity index (χ0) is 11.7. The molecule has 0 amide bonds. The molecule has 1 fully saturated rings. The first-order valence-corrected chi connectivity index (χ1v) is 6.30. The molecular formula is C15H18N2. The Hall–Kier alpha value is -1.54. The number of hydrogen-bond donors (Lipinski definition) is 1. The van der Waals surface area contributed by atoms with Gasteiger partial charge in [0, 0.05) is 31.4 Å². The molecule has 0 bridgehead atoms. The lowest BCUT2D eigenvalue weighted by molar-refractivity contribution is 0.485. The molecule has 0 spiro atoms. The third kappa shape index (κ3) is 2.13. The summed E-state index contributed by atoms with van der Waals surface area (Å²) in [6.07, 6.45) is 0. The molecule has 1 saturated heterocycles. The summed E-state index contributed by atoms with van der Waals surface area (Å²) in [5.41, 5.74) is 1.34. The van der Waals surface area contributed by atoms with Crippen molar-refractivity contribution < 1.29 is 0 Å². The summed E-state index contributed by atoms with van der Waals surface area (Å²) in [6.45, 7) is 5.52. The molecule has 1 aliphatic heterocycles. The van der Waals surface area contributed by atoms with Gasteiger partial charge in [0.25, 0.3) is 0 Å². The maximum Gasteiger partial charge on any atom is 0.0373 e. The lowest BCUT2D eigenvalue weighted by atomic mass is 10.1. The first-order valence-electron chi connectivity index (χ1n) is 6.30. The van der Waals surface area contributed by atoms with Crippen molar-refractivity contribution in [3.63, 3.8) is 0 Å². The predicted octanol–water partition coefficient (Wildman–Crippen LogP) is 2.64. The van der Waals surface area contributed by atoms with Gasteiger partial charge in [-0.3, -0.25) is 0 Å². The van der Waals surface area contributed by atoms with Crippen LogP contribution in [0.5, 0.6) is 0 Å². The molecule has 0 radical (unpaired) electrons. The van der Waals surface area contributed by atoms with Crippen molar-refractivity contribution >= 4 is 16.5 Å². The van der Waals surface area contributed by atoms with E-state index in [1.165, 1.54) is 16.5 Å². The summed E-state index contributed by atoms with van der Waals surface area (Å²) < 4.78 is 0. The van der Waals surface area contributed by atoms with Gasteiger partial charge in [0.2, 0.25) is 0 Å². The Morgan fingerprint density at radius 1 is 1.12 bits per heavy atom. The van der Waals surface area contributed by atoms with Crippen LogP contribution in [0.3, 0.4) is 0 Å². The molecule has 0 aliphatic carbocycles. The van der Waals surface area contributed by atoms with Gasteiger partial charge in [-0.15, -0.1) is 0 Å². The molecule has 3 rings (SSSR count). The monoisotopic (exact) mass is 226 g/mol. The summed E-state index contributed by atoms with van der Waals surface area (Å²) in [7, 11) is 0. The third-order valence-corrected chi connectivity index (χ3v) is 3.47. The van der Waals surface area contributed by atoms with Gasteiger partial charge in [0.15, 0.2) is 0 Å². The number of benzene rings is 2. The molecule has 1 N–H and O–H groups in total. The van der Waals surface area contributed by atoms with Crippen molar-refractivity contribution in [1.82, 2.24) is 5.32 Å². The van der Waals surface area contributed by atoms with Crippen LogP contribution in [0.25, 0.3) is 10.8 Å². The minimum atomic E-state index is 0.579. The fourth-order valence-electron chi connectivity index (χ4n) is 2.54. The lowest BCUT2D eigenvalue weighted by Crippen LogP contribution is -2.49. The van der Waals surface area contributed by atoms with E-state index in [1.54, 1.807) is 0 Å². The fourth-order valence-corrected chi connectivity index (χ4v) is 2.54. The number of piperazine rings is 1. The summed E-state index contributed by atoms with van der Waals surface area (Å²) in [5.74, 6) is 0. The van der Waals surface area contributed by atoms with E-state index in [0.717, 1.165) is 19.6 Å². The van der Waals surface area contributed by atoms with Gasteiger partial charge in [0.1, 0.15) is 0 Å². The van der Waals surface area contributed by atoms with E-state index in [2.05, 4.69) is 59.6 Å². The zero-order valence-electron chi connectivity index (χ0n) is 10.2. The van der Waals surface area contributed by atoms with E-state index in [0.29, 0.717) is 6.04 Å². The molecule has 2 aromatic rings. The molecule has 88 valence electrons. The van der Waals surface area contributed by atoms with E-state index < -0.39 is 0 Å². The number of rotatable bonds is 1. The zero-order valence-corrected chi connectivity index (χ0v) is 10.2. The Morgan fingerprint density at radius 2 is 1.94 bits per heavy atom. The quantitative estimate of drug-likeness (QED) is 0.804. The second kappa shape index (κ2) is 4.38. The second-order valence-corrected chi connectivity index (χ2v) is 4.83. The van der Waals surface area contributed by atoms with Crippen molar-refractivity contribution in [1.29, 1.82) is 0 Å². The van der Waals surface area contributed by atoms with Crippen molar-refractivity contribution in [2.45, 2.75) is 13.0 Å². The Morgan fingerprint density at radius 3 is 2.76 bits per heavy atom. The molecule has 2 heteroatoms. The average molecular weight is 226 g/mol. The smallest absolute Gasteiger partial charge is 0.0373 e. The van der Waals surface area contributed by atoms with Crippen molar-refractivity contribution in [3.8, 4) is 0 Å². The molecule has 1 atom stereocenters. The van der Waals surface area contributed by atoms with Crippen LogP contribution in [0.4, 0.5) is 5.69 Å². The van der Waals surface area contributed by atoms with Crippen LogP contribution >= 0.6 is 0 Å². The van der Waals surface area contributed by atoms with Crippen molar-refractivity contribution in [2.24, 2.45) is 0 Å². The summed E-state index contributed by atoms with van der Waals surface area (Å²) in [4.78, 5) is 2.47. The largest absolute Gasteiger partial charge is 0.369 e. The van der Waals surface area contributed by atoms with Crippen LogP contribution in [-0.4, -0.2) is 25.7 Å². The standard InChI is InChI=1S/C15H18N2/c1-12-11-17(9-8-16-12)15-7-6-13-4-2-3-5-14(13)10-15/h2-7,10,12,16H,8-9,11H2,1H3. The average Bonchev–Trinajstić information content (AvgIpc) is 2.38. The first-order chi connectivity index (χ1) is 8.33. The van der Waals surface area contributed by atoms with E-state index >= 15 is 0 Å². The van der Waals surface area contributed by atoms with Crippen LogP contribution in [0.15, 0.2) is 42.5 Å². The highest BCUT2D eigenvalue weighted by Crippen LogP contribution is 2.22. The van der Waals surface area contributed by atoms with E-state index in [-0.39, 0.29) is 0 Å². The molecular weight excluding hydrogens is 208 g/mol. The first kappa shape index (κ1) is 10.6. The third-order valence-electron chi connectivity index (χ3n) is 3.47. The molecule has 1 heterocycles. The van der Waals surface area contributed by atoms with E-state index in [4.69, 9.17) is 0 Å². The van der Waals surface area contributed by atoms with Gasteiger partial charge >= 0.3 is 0 Å². The minimum Gasteiger partial charge on any atom is -0.369 e. The van der Waals surface area contributed by atoms with Gasteiger partial charge in [-0.1, -0.05) is 30.3 Å². The SMILES string of the molecule is CC1CN(c2ccc3ccccc3c2)CCN1. The topological polar surface area (TPSA) is 15.3 Å². The van der Waals surface area contributed by atoms with Crippen LogP contribution in [0, 0.1) is 0 Å². The summed E-state index contributed by atoms with van der Waals surface area (Å²) >= 11 is 0. The Labute approximate surface area is 102 Å². The van der Waals surface area contributed by atoms with Gasteiger partial charge in [-0.05, 0) is 29.8 Å². The molecule has 0 aromatic heterocycles. The van der Waals surface area contributed by atoms with Crippen molar-refractivity contribution in [3.05, 3.63) is 42.5 Å². The Kier molecular flexibility index (Phi) is 2.73. The van der Waals surface area contributed by atoms with Gasteiger partial charge in [0.05, 0.1) is 0 Å². The summed E-state index contributed by atoms with van der Waals surface area (Å²) in [6, 6.07) is 15.9. The van der Waals surface area contributed by atoms with Crippen LogP contribution in [0.1, 0.15) is 6.92 Å². The number of nitrogens with zero attached hydrogens (tertiary/aromatic N) is 1. The molecule has 2 nitrogen and oxygen atoms in total. The minimum absolute atomic E-state index is 0.579. The van der Waals surface area contributed by atoms with Crippen molar-refractivity contribution in [2.75, 3.05) is 24.5 Å². The predicted molar refractivity (Wildman–Crippen MR) is 73.6 cm³/mol. The molecule has 1 aliphatic rings. The molecule has 2 aromatic carbocycles. The lowest BCUT2D eigenvalue weighted by Gasteiger charge is -2.33. The summed E-state index contributed by atoms with van der Waals surface area (Å²) in [5, 5.41) is 6.13. The molecule has 1 unspecified atom stereocenters. The van der Waals surface area contributed by atoms with E-state index in [9.17, 15) is 0 Å². The maximum atomic E-state index is 3.48. The maximum absolute atomic E-state index is 3.48. The van der Waals surface area contributed by atoms with Gasteiger partial charge < -0.3 is 10.2 Å².